The molecule has 1 amide bonds. The number of hydrogen-bond acceptors (Lipinski definition) is 1. The predicted molar refractivity (Wildman–Crippen MR) is 77.0 cm³/mol. The van der Waals surface area contributed by atoms with E-state index >= 15 is 0 Å². The molecule has 0 fully saturated rings. The molecule has 1 N–H and O–H groups in total. The van der Waals surface area contributed by atoms with E-state index in [1.807, 2.05) is 39.0 Å². The molecule has 0 aromatic heterocycles. The molecule has 0 atom stereocenters. The minimum atomic E-state index is -0.948. The number of carboxylic acid groups (broad SMARTS) is 1. The van der Waals surface area contributed by atoms with Crippen molar-refractivity contribution in [2.75, 3.05) is 4.90 Å². The van der Waals surface area contributed by atoms with Crippen molar-refractivity contribution in [2.24, 2.45) is 0 Å². The first-order valence-corrected chi connectivity index (χ1v) is 7.05. The van der Waals surface area contributed by atoms with Gasteiger partial charge in [0.15, 0.2) is 0 Å². The molecule has 0 radical (unpaired) electrons. The van der Waals surface area contributed by atoms with Crippen LogP contribution in [0.2, 0.25) is 0 Å². The number of amides is 1. The molecular formula is C12H15Br2NO2. The average molecular weight is 365 g/mol. The monoisotopic (exact) mass is 363 g/mol. The van der Waals surface area contributed by atoms with Gasteiger partial charge >= 0.3 is 6.09 Å². The largest absolute Gasteiger partial charge is 0.465 e. The van der Waals surface area contributed by atoms with Gasteiger partial charge in [0, 0.05) is 21.0 Å². The number of hydrogen-bond donors (Lipinski definition) is 1. The molecular weight excluding hydrogens is 350 g/mol. The van der Waals surface area contributed by atoms with Crippen LogP contribution in [0.4, 0.5) is 10.5 Å². The second-order valence-corrected chi connectivity index (χ2v) is 6.22. The molecule has 1 aromatic rings. The lowest BCUT2D eigenvalue weighted by Gasteiger charge is -2.33. The maximum atomic E-state index is 11.4. The average Bonchev–Trinajstić information content (AvgIpc) is 2.13. The van der Waals surface area contributed by atoms with E-state index in [0.29, 0.717) is 11.0 Å². The molecule has 0 aliphatic rings. The lowest BCUT2D eigenvalue weighted by atomic mass is 10.0. The molecule has 0 unspecified atom stereocenters. The highest BCUT2D eigenvalue weighted by molar-refractivity contribution is 9.10. The standard InChI is InChI=1S/C12H15Br2NO2/c1-12(2,3)15(11(16)17)10-5-8(7-13)4-9(14)6-10/h4-6H,7H2,1-3H3,(H,16,17). The molecule has 0 aliphatic heterocycles. The van der Waals surface area contributed by atoms with Gasteiger partial charge in [-0.1, -0.05) is 31.9 Å². The second kappa shape index (κ2) is 5.40. The Bertz CT molecular complexity index is 427. The van der Waals surface area contributed by atoms with E-state index in [1.54, 1.807) is 0 Å². The highest BCUT2D eigenvalue weighted by Crippen LogP contribution is 2.29. The quantitative estimate of drug-likeness (QED) is 0.777. The Kier molecular flexibility index (Phi) is 4.61. The lowest BCUT2D eigenvalue weighted by Crippen LogP contribution is -2.45. The minimum Gasteiger partial charge on any atom is -0.465 e. The lowest BCUT2D eigenvalue weighted by molar-refractivity contribution is 0.195. The summed E-state index contributed by atoms with van der Waals surface area (Å²) in [6.45, 7) is 5.61. The van der Waals surface area contributed by atoms with Crippen LogP contribution in [0, 0.1) is 0 Å². The van der Waals surface area contributed by atoms with Gasteiger partial charge in [-0.2, -0.15) is 0 Å². The topological polar surface area (TPSA) is 40.5 Å². The second-order valence-electron chi connectivity index (χ2n) is 4.74. The van der Waals surface area contributed by atoms with Crippen LogP contribution in [0.1, 0.15) is 26.3 Å². The zero-order valence-corrected chi connectivity index (χ0v) is 13.2. The third-order valence-corrected chi connectivity index (χ3v) is 3.32. The molecule has 0 saturated heterocycles. The van der Waals surface area contributed by atoms with Crippen molar-refractivity contribution in [3.05, 3.63) is 28.2 Å². The Balaban J connectivity index is 3.28. The van der Waals surface area contributed by atoms with Crippen LogP contribution >= 0.6 is 31.9 Å². The summed E-state index contributed by atoms with van der Waals surface area (Å²) in [4.78, 5) is 12.7. The molecule has 94 valence electrons. The molecule has 1 aromatic carbocycles. The molecule has 0 heterocycles. The zero-order valence-electron chi connectivity index (χ0n) is 10.00. The van der Waals surface area contributed by atoms with E-state index in [4.69, 9.17) is 0 Å². The summed E-state index contributed by atoms with van der Waals surface area (Å²) in [6, 6.07) is 5.64. The van der Waals surface area contributed by atoms with E-state index in [-0.39, 0.29) is 0 Å². The van der Waals surface area contributed by atoms with E-state index < -0.39 is 11.6 Å². The third kappa shape index (κ3) is 3.71. The molecule has 0 aliphatic carbocycles. The van der Waals surface area contributed by atoms with Crippen LogP contribution in [-0.2, 0) is 5.33 Å². The molecule has 3 nitrogen and oxygen atoms in total. The Morgan fingerprint density at radius 1 is 1.35 bits per heavy atom. The highest BCUT2D eigenvalue weighted by atomic mass is 79.9. The summed E-state index contributed by atoms with van der Waals surface area (Å²) in [5.74, 6) is 0. The van der Waals surface area contributed by atoms with Gasteiger partial charge in [0.1, 0.15) is 0 Å². The summed E-state index contributed by atoms with van der Waals surface area (Å²) in [5.41, 5.74) is 1.23. The Hall–Kier alpha value is -0.550. The van der Waals surface area contributed by atoms with E-state index in [2.05, 4.69) is 31.9 Å². The van der Waals surface area contributed by atoms with Gasteiger partial charge < -0.3 is 5.11 Å². The van der Waals surface area contributed by atoms with Crippen LogP contribution in [-0.4, -0.2) is 16.7 Å². The first-order chi connectivity index (χ1) is 7.75. The number of alkyl halides is 1. The van der Waals surface area contributed by atoms with Crippen LogP contribution < -0.4 is 4.90 Å². The fraction of sp³-hybridized carbons (Fsp3) is 0.417. The number of rotatable bonds is 2. The maximum absolute atomic E-state index is 11.4. The summed E-state index contributed by atoms with van der Waals surface area (Å²) < 4.78 is 0.875. The molecule has 0 bridgehead atoms. The van der Waals surface area contributed by atoms with Gasteiger partial charge in [-0.3, -0.25) is 4.90 Å². The predicted octanol–water partition coefficient (Wildman–Crippen LogP) is 4.63. The van der Waals surface area contributed by atoms with Gasteiger partial charge in [0.2, 0.25) is 0 Å². The van der Waals surface area contributed by atoms with E-state index in [1.165, 1.54) is 4.90 Å². The van der Waals surface area contributed by atoms with Crippen molar-refractivity contribution in [3.63, 3.8) is 0 Å². The van der Waals surface area contributed by atoms with Gasteiger partial charge in [0.25, 0.3) is 0 Å². The van der Waals surface area contributed by atoms with Crippen LogP contribution in [0.25, 0.3) is 0 Å². The molecule has 0 saturated carbocycles. The summed E-state index contributed by atoms with van der Waals surface area (Å²) in [5, 5.41) is 10.0. The van der Waals surface area contributed by atoms with Crippen molar-refractivity contribution in [1.82, 2.24) is 0 Å². The summed E-state index contributed by atoms with van der Waals surface area (Å²) in [6.07, 6.45) is -0.948. The molecule has 0 spiro atoms. The summed E-state index contributed by atoms with van der Waals surface area (Å²) >= 11 is 6.77. The van der Waals surface area contributed by atoms with Crippen molar-refractivity contribution in [1.29, 1.82) is 0 Å². The van der Waals surface area contributed by atoms with E-state index in [9.17, 15) is 9.90 Å². The fourth-order valence-corrected chi connectivity index (χ4v) is 2.48. The van der Waals surface area contributed by atoms with Gasteiger partial charge in [0.05, 0.1) is 0 Å². The zero-order chi connectivity index (χ0) is 13.2. The van der Waals surface area contributed by atoms with Crippen molar-refractivity contribution < 1.29 is 9.90 Å². The van der Waals surface area contributed by atoms with Crippen molar-refractivity contribution in [2.45, 2.75) is 31.6 Å². The van der Waals surface area contributed by atoms with Crippen LogP contribution in [0.3, 0.4) is 0 Å². The van der Waals surface area contributed by atoms with Crippen LogP contribution in [0.5, 0.6) is 0 Å². The summed E-state index contributed by atoms with van der Waals surface area (Å²) in [7, 11) is 0. The molecule has 5 heteroatoms. The minimum absolute atomic E-state index is 0.476. The first-order valence-electron chi connectivity index (χ1n) is 5.14. The van der Waals surface area contributed by atoms with Crippen molar-refractivity contribution in [3.8, 4) is 0 Å². The number of anilines is 1. The molecule has 17 heavy (non-hydrogen) atoms. The maximum Gasteiger partial charge on any atom is 0.412 e. The van der Waals surface area contributed by atoms with Crippen LogP contribution in [0.15, 0.2) is 22.7 Å². The molecule has 1 rings (SSSR count). The van der Waals surface area contributed by atoms with Gasteiger partial charge in [-0.25, -0.2) is 4.79 Å². The Labute approximate surface area is 118 Å². The fourth-order valence-electron chi connectivity index (χ4n) is 1.62. The third-order valence-electron chi connectivity index (χ3n) is 2.22. The van der Waals surface area contributed by atoms with Gasteiger partial charge in [-0.05, 0) is 44.5 Å². The Morgan fingerprint density at radius 3 is 2.35 bits per heavy atom. The van der Waals surface area contributed by atoms with E-state index in [0.717, 1.165) is 10.0 Å². The highest BCUT2D eigenvalue weighted by Gasteiger charge is 2.28. The number of benzene rings is 1. The Morgan fingerprint density at radius 2 is 1.94 bits per heavy atom. The SMILES string of the molecule is CC(C)(C)N(C(=O)O)c1cc(Br)cc(CBr)c1. The number of carbonyl (C=O) groups is 1. The van der Waals surface area contributed by atoms with Crippen molar-refractivity contribution >= 4 is 43.6 Å². The number of nitrogens with zero attached hydrogens (tertiary/aromatic N) is 1. The first kappa shape index (κ1) is 14.5. The smallest absolute Gasteiger partial charge is 0.412 e. The normalized spacial score (nSPS) is 11.4. The number of halogens is 2. The van der Waals surface area contributed by atoms with Gasteiger partial charge in [-0.15, -0.1) is 0 Å².